The first-order chi connectivity index (χ1) is 11.2. The van der Waals surface area contributed by atoms with Gasteiger partial charge in [-0.2, -0.15) is 0 Å². The van der Waals surface area contributed by atoms with Gasteiger partial charge in [-0.1, -0.05) is 18.2 Å². The molecule has 8 heteroatoms. The fourth-order valence-electron chi connectivity index (χ4n) is 1.97. The lowest BCUT2D eigenvalue weighted by atomic mass is 10.2. The van der Waals surface area contributed by atoms with Gasteiger partial charge in [-0.05, 0) is 23.9 Å². The molecule has 0 atom stereocenters. The number of anilines is 1. The molecular formula is C15H18N4O3S. The Morgan fingerprint density at radius 3 is 2.61 bits per heavy atom. The second-order valence-corrected chi connectivity index (χ2v) is 5.75. The van der Waals surface area contributed by atoms with Crippen molar-refractivity contribution in [1.29, 1.82) is 0 Å². The quantitative estimate of drug-likeness (QED) is 0.393. The fourth-order valence-corrected chi connectivity index (χ4v) is 2.68. The summed E-state index contributed by atoms with van der Waals surface area (Å²) in [6.07, 6.45) is 0.805. The van der Waals surface area contributed by atoms with Crippen LogP contribution >= 0.6 is 11.3 Å². The molecule has 3 N–H and O–H groups in total. The highest BCUT2D eigenvalue weighted by molar-refractivity contribution is 7.09. The van der Waals surface area contributed by atoms with Gasteiger partial charge in [0.05, 0.1) is 4.92 Å². The molecule has 1 aromatic heterocycles. The van der Waals surface area contributed by atoms with Crippen LogP contribution in [0.5, 0.6) is 0 Å². The van der Waals surface area contributed by atoms with Crippen molar-refractivity contribution in [3.8, 4) is 0 Å². The van der Waals surface area contributed by atoms with Crippen LogP contribution in [0.4, 0.5) is 16.2 Å². The number of urea groups is 1. The first-order valence-electron chi connectivity index (χ1n) is 7.18. The third-order valence-electron chi connectivity index (χ3n) is 3.06. The van der Waals surface area contributed by atoms with Crippen LogP contribution in [0.15, 0.2) is 41.8 Å². The molecule has 23 heavy (non-hydrogen) atoms. The summed E-state index contributed by atoms with van der Waals surface area (Å²) in [5.74, 6) is 0. The maximum atomic E-state index is 11.6. The van der Waals surface area contributed by atoms with Crippen molar-refractivity contribution in [1.82, 2.24) is 10.6 Å². The molecule has 0 aliphatic carbocycles. The summed E-state index contributed by atoms with van der Waals surface area (Å²) in [6, 6.07) is 10.2. The van der Waals surface area contributed by atoms with Gasteiger partial charge in [0.25, 0.3) is 5.69 Å². The molecule has 0 saturated carbocycles. The Bertz CT molecular complexity index is 646. The van der Waals surface area contributed by atoms with Gasteiger partial charge < -0.3 is 16.0 Å². The van der Waals surface area contributed by atoms with Crippen molar-refractivity contribution >= 4 is 28.7 Å². The molecule has 0 saturated heterocycles. The Kier molecular flexibility index (Phi) is 6.37. The van der Waals surface area contributed by atoms with Crippen molar-refractivity contribution in [2.75, 3.05) is 25.0 Å². The van der Waals surface area contributed by atoms with Crippen LogP contribution in [0.1, 0.15) is 4.88 Å². The number of carbonyl (C=O) groups excluding carboxylic acids is 1. The molecule has 0 spiro atoms. The van der Waals surface area contributed by atoms with E-state index >= 15 is 0 Å². The Morgan fingerprint density at radius 1 is 1.09 bits per heavy atom. The van der Waals surface area contributed by atoms with Gasteiger partial charge in [0.2, 0.25) is 0 Å². The van der Waals surface area contributed by atoms with Gasteiger partial charge in [0, 0.05) is 30.6 Å². The summed E-state index contributed by atoms with van der Waals surface area (Å²) < 4.78 is 0. The molecule has 0 radical (unpaired) electrons. The minimum atomic E-state index is -0.437. The zero-order valence-electron chi connectivity index (χ0n) is 12.5. The normalized spacial score (nSPS) is 10.1. The van der Waals surface area contributed by atoms with E-state index in [0.29, 0.717) is 25.3 Å². The number of hydrogen-bond donors (Lipinski definition) is 3. The standard InChI is InChI=1S/C15H18N4O3S/c20-15(17-8-7-12-4-3-11-23-12)18-10-9-16-13-5-1-2-6-14(13)19(21)22/h1-6,11,16H,7-10H2,(H2,17,18,20). The van der Waals surface area contributed by atoms with Crippen molar-refractivity contribution in [2.45, 2.75) is 6.42 Å². The third-order valence-corrected chi connectivity index (χ3v) is 4.00. The van der Waals surface area contributed by atoms with Crippen molar-refractivity contribution < 1.29 is 9.72 Å². The first-order valence-corrected chi connectivity index (χ1v) is 8.06. The van der Waals surface area contributed by atoms with E-state index in [1.54, 1.807) is 29.5 Å². The molecule has 0 unspecified atom stereocenters. The van der Waals surface area contributed by atoms with E-state index in [2.05, 4.69) is 16.0 Å². The summed E-state index contributed by atoms with van der Waals surface area (Å²) in [6.45, 7) is 1.35. The minimum absolute atomic E-state index is 0.0212. The van der Waals surface area contributed by atoms with Crippen LogP contribution in [0.3, 0.4) is 0 Å². The van der Waals surface area contributed by atoms with Gasteiger partial charge in [-0.3, -0.25) is 10.1 Å². The van der Waals surface area contributed by atoms with E-state index < -0.39 is 4.92 Å². The number of para-hydroxylation sites is 2. The van der Waals surface area contributed by atoms with E-state index in [4.69, 9.17) is 0 Å². The molecule has 0 bridgehead atoms. The van der Waals surface area contributed by atoms with E-state index in [1.807, 2.05) is 17.5 Å². The number of nitro benzene ring substituents is 1. The summed E-state index contributed by atoms with van der Waals surface area (Å²) >= 11 is 1.66. The number of benzene rings is 1. The second-order valence-electron chi connectivity index (χ2n) is 4.71. The number of nitrogens with zero attached hydrogens (tertiary/aromatic N) is 1. The Labute approximate surface area is 137 Å². The summed E-state index contributed by atoms with van der Waals surface area (Å²) in [7, 11) is 0. The summed E-state index contributed by atoms with van der Waals surface area (Å²) in [4.78, 5) is 23.3. The number of carbonyl (C=O) groups is 1. The van der Waals surface area contributed by atoms with Gasteiger partial charge >= 0.3 is 6.03 Å². The SMILES string of the molecule is O=C(NCCNc1ccccc1[N+](=O)[O-])NCCc1cccs1. The first kappa shape index (κ1) is 16.8. The monoisotopic (exact) mass is 334 g/mol. The van der Waals surface area contributed by atoms with E-state index in [1.165, 1.54) is 10.9 Å². The summed E-state index contributed by atoms with van der Waals surface area (Å²) in [5, 5.41) is 21.3. The zero-order valence-corrected chi connectivity index (χ0v) is 13.3. The number of hydrogen-bond acceptors (Lipinski definition) is 5. The van der Waals surface area contributed by atoms with Gasteiger partial charge in [0.1, 0.15) is 5.69 Å². The van der Waals surface area contributed by atoms with E-state index in [-0.39, 0.29) is 11.7 Å². The molecule has 2 aromatic rings. The van der Waals surface area contributed by atoms with Crippen LogP contribution in [-0.2, 0) is 6.42 Å². The molecular weight excluding hydrogens is 316 g/mol. The molecule has 0 fully saturated rings. The average molecular weight is 334 g/mol. The average Bonchev–Trinajstić information content (AvgIpc) is 3.05. The lowest BCUT2D eigenvalue weighted by Crippen LogP contribution is -2.38. The molecule has 122 valence electrons. The van der Waals surface area contributed by atoms with Crippen molar-refractivity contribution in [2.24, 2.45) is 0 Å². The Morgan fingerprint density at radius 2 is 1.87 bits per heavy atom. The Balaban J connectivity index is 1.63. The fraction of sp³-hybridized carbons (Fsp3) is 0.267. The largest absolute Gasteiger partial charge is 0.378 e. The zero-order chi connectivity index (χ0) is 16.5. The Hall–Kier alpha value is -2.61. The molecule has 2 amide bonds. The minimum Gasteiger partial charge on any atom is -0.378 e. The maximum absolute atomic E-state index is 11.6. The molecule has 7 nitrogen and oxygen atoms in total. The number of nitrogens with one attached hydrogen (secondary N) is 3. The van der Waals surface area contributed by atoms with Crippen LogP contribution in [0.25, 0.3) is 0 Å². The number of thiophene rings is 1. The van der Waals surface area contributed by atoms with Crippen LogP contribution in [0, 0.1) is 10.1 Å². The number of nitro groups is 1. The van der Waals surface area contributed by atoms with E-state index in [9.17, 15) is 14.9 Å². The van der Waals surface area contributed by atoms with Crippen LogP contribution in [-0.4, -0.2) is 30.6 Å². The third kappa shape index (κ3) is 5.59. The predicted molar refractivity (Wildman–Crippen MR) is 91.0 cm³/mol. The van der Waals surface area contributed by atoms with Gasteiger partial charge in [-0.25, -0.2) is 4.79 Å². The molecule has 1 aromatic carbocycles. The smallest absolute Gasteiger partial charge is 0.314 e. The highest BCUT2D eigenvalue weighted by atomic mass is 32.1. The molecule has 1 heterocycles. The highest BCUT2D eigenvalue weighted by Gasteiger charge is 2.11. The van der Waals surface area contributed by atoms with E-state index in [0.717, 1.165) is 6.42 Å². The van der Waals surface area contributed by atoms with Gasteiger partial charge in [-0.15, -0.1) is 11.3 Å². The summed E-state index contributed by atoms with van der Waals surface area (Å²) in [5.41, 5.74) is 0.463. The van der Waals surface area contributed by atoms with Crippen LogP contribution < -0.4 is 16.0 Å². The van der Waals surface area contributed by atoms with Crippen LogP contribution in [0.2, 0.25) is 0 Å². The molecule has 0 aliphatic heterocycles. The maximum Gasteiger partial charge on any atom is 0.314 e. The predicted octanol–water partition coefficient (Wildman–Crippen LogP) is 2.61. The lowest BCUT2D eigenvalue weighted by Gasteiger charge is -2.09. The molecule has 0 aliphatic rings. The van der Waals surface area contributed by atoms with Gasteiger partial charge in [0.15, 0.2) is 0 Å². The number of amides is 2. The molecule has 2 rings (SSSR count). The topological polar surface area (TPSA) is 96.3 Å². The lowest BCUT2D eigenvalue weighted by molar-refractivity contribution is -0.384. The number of rotatable bonds is 8. The van der Waals surface area contributed by atoms with Crippen molar-refractivity contribution in [3.05, 3.63) is 56.8 Å². The highest BCUT2D eigenvalue weighted by Crippen LogP contribution is 2.22. The van der Waals surface area contributed by atoms with Crippen molar-refractivity contribution in [3.63, 3.8) is 0 Å². The second kappa shape index (κ2) is 8.74.